The van der Waals surface area contributed by atoms with Crippen LogP contribution in [-0.2, 0) is 11.3 Å². The van der Waals surface area contributed by atoms with Crippen molar-refractivity contribution in [2.24, 2.45) is 0 Å². The summed E-state index contributed by atoms with van der Waals surface area (Å²) in [7, 11) is 4.40. The van der Waals surface area contributed by atoms with Crippen molar-refractivity contribution in [3.63, 3.8) is 0 Å². The maximum Gasteiger partial charge on any atom is 0.407 e. The highest BCUT2D eigenvalue weighted by atomic mass is 16.5. The first-order valence-electron chi connectivity index (χ1n) is 8.48. The molecule has 3 aromatic rings. The normalized spacial score (nSPS) is 10.4. The highest BCUT2D eigenvalue weighted by molar-refractivity contribution is 5.67. The molecule has 1 N–H and O–H groups in total. The number of hydrogen-bond acceptors (Lipinski definition) is 7. The molecule has 0 unspecified atom stereocenters. The number of pyridine rings is 1. The lowest BCUT2D eigenvalue weighted by Crippen LogP contribution is -2.22. The fourth-order valence-corrected chi connectivity index (χ4v) is 2.61. The minimum Gasteiger partial charge on any atom is -0.481 e. The molecule has 0 aliphatic carbocycles. The number of rotatable bonds is 6. The van der Waals surface area contributed by atoms with Crippen molar-refractivity contribution in [2.45, 2.75) is 13.5 Å². The number of alkyl carbamates (subject to hydrolysis) is 1. The van der Waals surface area contributed by atoms with Crippen LogP contribution in [-0.4, -0.2) is 47.2 Å². The fraction of sp³-hybridized carbons (Fsp3) is 0.263. The Morgan fingerprint density at radius 2 is 1.96 bits per heavy atom. The number of amides is 1. The summed E-state index contributed by atoms with van der Waals surface area (Å²) in [5.74, 6) is 1.36. The van der Waals surface area contributed by atoms with Gasteiger partial charge in [0.2, 0.25) is 11.8 Å². The quantitative estimate of drug-likeness (QED) is 0.698. The van der Waals surface area contributed by atoms with Crippen LogP contribution in [0.4, 0.5) is 4.79 Å². The molecule has 2 heterocycles. The van der Waals surface area contributed by atoms with E-state index in [-0.39, 0.29) is 0 Å². The third-order valence-electron chi connectivity index (χ3n) is 4.17. The molecule has 0 fully saturated rings. The second kappa shape index (κ2) is 8.38. The van der Waals surface area contributed by atoms with Crippen LogP contribution in [0.3, 0.4) is 0 Å². The molecule has 146 valence electrons. The maximum absolute atomic E-state index is 11.3. The number of hydrogen-bond donors (Lipinski definition) is 1. The molecular formula is C19H21N5O4. The molecule has 2 aromatic heterocycles. The molecule has 0 spiro atoms. The summed E-state index contributed by atoms with van der Waals surface area (Å²) in [5.41, 5.74) is 3.46. The average molecular weight is 383 g/mol. The zero-order valence-corrected chi connectivity index (χ0v) is 16.1. The molecule has 1 amide bonds. The SMILES string of the molecule is COC(=O)NCc1cc(-c2ncn(-c3ccc(OC)nc3OC)n2)ccc1C. The number of nitrogens with one attached hydrogen (secondary N) is 1. The lowest BCUT2D eigenvalue weighted by atomic mass is 10.0. The highest BCUT2D eigenvalue weighted by Crippen LogP contribution is 2.25. The van der Waals surface area contributed by atoms with Crippen LogP contribution in [0.15, 0.2) is 36.7 Å². The van der Waals surface area contributed by atoms with Crippen LogP contribution >= 0.6 is 0 Å². The topological polar surface area (TPSA) is 100 Å². The Morgan fingerprint density at radius 1 is 1.14 bits per heavy atom. The molecule has 0 saturated carbocycles. The predicted molar refractivity (Wildman–Crippen MR) is 102 cm³/mol. The predicted octanol–water partition coefficient (Wildman–Crippen LogP) is 2.51. The first kappa shape index (κ1) is 19.2. The fourth-order valence-electron chi connectivity index (χ4n) is 2.61. The maximum atomic E-state index is 11.3. The van der Waals surface area contributed by atoms with E-state index in [0.717, 1.165) is 16.7 Å². The summed E-state index contributed by atoms with van der Waals surface area (Å²) in [6.45, 7) is 2.32. The number of carbonyl (C=O) groups is 1. The van der Waals surface area contributed by atoms with E-state index < -0.39 is 6.09 Å². The van der Waals surface area contributed by atoms with Crippen molar-refractivity contribution < 1.29 is 19.0 Å². The molecule has 1 aromatic carbocycles. The van der Waals surface area contributed by atoms with Crippen molar-refractivity contribution in [3.05, 3.63) is 47.8 Å². The van der Waals surface area contributed by atoms with Crippen molar-refractivity contribution in [2.75, 3.05) is 21.3 Å². The Bertz CT molecular complexity index is 986. The van der Waals surface area contributed by atoms with E-state index in [9.17, 15) is 4.79 Å². The first-order chi connectivity index (χ1) is 13.5. The van der Waals surface area contributed by atoms with Gasteiger partial charge in [0.25, 0.3) is 0 Å². The zero-order valence-electron chi connectivity index (χ0n) is 16.1. The van der Waals surface area contributed by atoms with Gasteiger partial charge in [-0.1, -0.05) is 12.1 Å². The van der Waals surface area contributed by atoms with Crippen LogP contribution in [0.2, 0.25) is 0 Å². The molecule has 28 heavy (non-hydrogen) atoms. The summed E-state index contributed by atoms with van der Waals surface area (Å²) in [6, 6.07) is 9.35. The van der Waals surface area contributed by atoms with Gasteiger partial charge in [-0.25, -0.2) is 14.5 Å². The summed E-state index contributed by atoms with van der Waals surface area (Å²) < 4.78 is 16.6. The van der Waals surface area contributed by atoms with Gasteiger partial charge in [0.15, 0.2) is 5.82 Å². The molecule has 0 saturated heterocycles. The van der Waals surface area contributed by atoms with Crippen LogP contribution in [0.25, 0.3) is 17.1 Å². The van der Waals surface area contributed by atoms with Crippen LogP contribution in [0.1, 0.15) is 11.1 Å². The number of benzene rings is 1. The van der Waals surface area contributed by atoms with E-state index in [1.807, 2.05) is 25.1 Å². The van der Waals surface area contributed by atoms with Gasteiger partial charge in [-0.15, -0.1) is 5.10 Å². The molecule has 0 radical (unpaired) electrons. The summed E-state index contributed by atoms with van der Waals surface area (Å²) >= 11 is 0. The van der Waals surface area contributed by atoms with E-state index in [1.165, 1.54) is 14.2 Å². The minimum absolute atomic E-state index is 0.350. The van der Waals surface area contributed by atoms with Gasteiger partial charge in [-0.05, 0) is 30.2 Å². The summed E-state index contributed by atoms with van der Waals surface area (Å²) in [4.78, 5) is 20.0. The van der Waals surface area contributed by atoms with Gasteiger partial charge in [0.05, 0.1) is 21.3 Å². The number of methoxy groups -OCH3 is 3. The van der Waals surface area contributed by atoms with E-state index in [0.29, 0.717) is 29.8 Å². The van der Waals surface area contributed by atoms with E-state index in [1.54, 1.807) is 30.3 Å². The number of ether oxygens (including phenoxy) is 3. The van der Waals surface area contributed by atoms with Gasteiger partial charge in [-0.3, -0.25) is 0 Å². The van der Waals surface area contributed by atoms with E-state index >= 15 is 0 Å². The molecule has 9 heteroatoms. The first-order valence-corrected chi connectivity index (χ1v) is 8.48. The number of aryl methyl sites for hydroxylation is 1. The van der Waals surface area contributed by atoms with E-state index in [4.69, 9.17) is 9.47 Å². The summed E-state index contributed by atoms with van der Waals surface area (Å²) in [5, 5.41) is 7.21. The Kier molecular flexibility index (Phi) is 5.73. The molecule has 0 atom stereocenters. The molecule has 0 aliphatic heterocycles. The monoisotopic (exact) mass is 383 g/mol. The van der Waals surface area contributed by atoms with E-state index in [2.05, 4.69) is 25.1 Å². The molecule has 9 nitrogen and oxygen atoms in total. The van der Waals surface area contributed by atoms with Crippen molar-refractivity contribution >= 4 is 6.09 Å². The minimum atomic E-state index is -0.480. The molecule has 3 rings (SSSR count). The van der Waals surface area contributed by atoms with Crippen molar-refractivity contribution in [1.29, 1.82) is 0 Å². The van der Waals surface area contributed by atoms with Gasteiger partial charge in [-0.2, -0.15) is 4.98 Å². The lowest BCUT2D eigenvalue weighted by Gasteiger charge is -2.09. The largest absolute Gasteiger partial charge is 0.481 e. The Hall–Kier alpha value is -3.62. The third kappa shape index (κ3) is 4.03. The second-order valence-corrected chi connectivity index (χ2v) is 5.88. The Labute approximate surface area is 162 Å². The lowest BCUT2D eigenvalue weighted by molar-refractivity contribution is 0.170. The molecular weight excluding hydrogens is 362 g/mol. The third-order valence-corrected chi connectivity index (χ3v) is 4.17. The number of carbonyl (C=O) groups excluding carboxylic acids is 1. The highest BCUT2D eigenvalue weighted by Gasteiger charge is 2.13. The molecule has 0 bridgehead atoms. The van der Waals surface area contributed by atoms with Crippen LogP contribution in [0.5, 0.6) is 11.8 Å². The second-order valence-electron chi connectivity index (χ2n) is 5.88. The van der Waals surface area contributed by atoms with Gasteiger partial charge in [0.1, 0.15) is 12.0 Å². The average Bonchev–Trinajstić information content (AvgIpc) is 3.22. The Morgan fingerprint density at radius 3 is 2.68 bits per heavy atom. The Balaban J connectivity index is 1.89. The van der Waals surface area contributed by atoms with Gasteiger partial charge < -0.3 is 19.5 Å². The standard InChI is InChI=1S/C19H21N5O4/c1-12-5-6-13(9-14(12)10-20-19(25)28-4)17-21-11-24(23-17)15-7-8-16(26-2)22-18(15)27-3/h5-9,11H,10H2,1-4H3,(H,20,25). The van der Waals surface area contributed by atoms with Crippen molar-refractivity contribution in [1.82, 2.24) is 25.1 Å². The smallest absolute Gasteiger partial charge is 0.407 e. The van der Waals surface area contributed by atoms with Gasteiger partial charge in [0, 0.05) is 18.2 Å². The van der Waals surface area contributed by atoms with Gasteiger partial charge >= 0.3 is 6.09 Å². The van der Waals surface area contributed by atoms with Crippen molar-refractivity contribution in [3.8, 4) is 28.8 Å². The number of nitrogens with zero attached hydrogens (tertiary/aromatic N) is 4. The molecule has 0 aliphatic rings. The van der Waals surface area contributed by atoms with Crippen LogP contribution in [0, 0.1) is 6.92 Å². The van der Waals surface area contributed by atoms with Crippen LogP contribution < -0.4 is 14.8 Å². The number of aromatic nitrogens is 4. The zero-order chi connectivity index (χ0) is 20.1. The summed E-state index contributed by atoms with van der Waals surface area (Å²) in [6.07, 6.45) is 1.11.